The van der Waals surface area contributed by atoms with Crippen LogP contribution in [0.4, 0.5) is 14.5 Å². The molecule has 7 heteroatoms. The summed E-state index contributed by atoms with van der Waals surface area (Å²) in [5, 5.41) is 8.69. The number of ether oxygens (including phenoxy) is 2. The lowest BCUT2D eigenvalue weighted by molar-refractivity contribution is -0.169. The van der Waals surface area contributed by atoms with Gasteiger partial charge in [-0.1, -0.05) is 0 Å². The van der Waals surface area contributed by atoms with Crippen molar-refractivity contribution in [2.45, 2.75) is 25.0 Å². The summed E-state index contributed by atoms with van der Waals surface area (Å²) in [5.41, 5.74) is 0.00387. The fourth-order valence-electron chi connectivity index (χ4n) is 2.99. The Bertz CT molecular complexity index is 577. The molecule has 1 N–H and O–H groups in total. The molecule has 2 fully saturated rings. The minimum absolute atomic E-state index is 0.148. The SMILES string of the molecule is O=C(O)Cc1cc(F)c(N2CCC3(CC2)OCCO3)cc1F. The maximum Gasteiger partial charge on any atom is 0.307 e. The lowest BCUT2D eigenvalue weighted by atomic mass is 10.0. The maximum absolute atomic E-state index is 14.2. The number of carboxylic acids is 1. The van der Waals surface area contributed by atoms with Gasteiger partial charge in [-0.15, -0.1) is 0 Å². The summed E-state index contributed by atoms with van der Waals surface area (Å²) in [4.78, 5) is 12.4. The Morgan fingerprint density at radius 3 is 2.41 bits per heavy atom. The van der Waals surface area contributed by atoms with Gasteiger partial charge < -0.3 is 19.5 Å². The Hall–Kier alpha value is -1.73. The van der Waals surface area contributed by atoms with Crippen LogP contribution in [0, 0.1) is 11.6 Å². The summed E-state index contributed by atoms with van der Waals surface area (Å²) in [5.74, 6) is -3.08. The molecule has 0 unspecified atom stereocenters. The van der Waals surface area contributed by atoms with Crippen LogP contribution in [-0.4, -0.2) is 43.2 Å². The van der Waals surface area contributed by atoms with E-state index in [2.05, 4.69) is 0 Å². The first-order valence-corrected chi connectivity index (χ1v) is 7.22. The molecular weight excluding hydrogens is 296 g/mol. The third-order valence-corrected chi connectivity index (χ3v) is 4.14. The smallest absolute Gasteiger partial charge is 0.307 e. The van der Waals surface area contributed by atoms with Crippen LogP contribution in [-0.2, 0) is 20.7 Å². The Morgan fingerprint density at radius 2 is 1.82 bits per heavy atom. The lowest BCUT2D eigenvalue weighted by Crippen LogP contribution is -2.45. The van der Waals surface area contributed by atoms with Crippen molar-refractivity contribution < 1.29 is 28.2 Å². The van der Waals surface area contributed by atoms with Gasteiger partial charge in [0.05, 0.1) is 25.3 Å². The van der Waals surface area contributed by atoms with Gasteiger partial charge in [-0.2, -0.15) is 0 Å². The Labute approximate surface area is 126 Å². The van der Waals surface area contributed by atoms with Crippen LogP contribution in [0.3, 0.4) is 0 Å². The van der Waals surface area contributed by atoms with E-state index in [0.717, 1.165) is 12.1 Å². The summed E-state index contributed by atoms with van der Waals surface area (Å²) < 4.78 is 39.3. The molecule has 120 valence electrons. The third-order valence-electron chi connectivity index (χ3n) is 4.14. The van der Waals surface area contributed by atoms with Gasteiger partial charge in [0.2, 0.25) is 0 Å². The highest BCUT2D eigenvalue weighted by molar-refractivity contribution is 5.70. The van der Waals surface area contributed by atoms with E-state index in [1.165, 1.54) is 0 Å². The quantitative estimate of drug-likeness (QED) is 0.924. The second-order valence-corrected chi connectivity index (χ2v) is 5.56. The van der Waals surface area contributed by atoms with Crippen molar-refractivity contribution in [3.05, 3.63) is 29.3 Å². The first-order valence-electron chi connectivity index (χ1n) is 7.22. The van der Waals surface area contributed by atoms with Gasteiger partial charge in [-0.3, -0.25) is 4.79 Å². The average molecular weight is 313 g/mol. The zero-order valence-electron chi connectivity index (χ0n) is 12.0. The maximum atomic E-state index is 14.2. The average Bonchev–Trinajstić information content (AvgIpc) is 2.91. The van der Waals surface area contributed by atoms with Crippen LogP contribution in [0.15, 0.2) is 12.1 Å². The van der Waals surface area contributed by atoms with Gasteiger partial charge >= 0.3 is 5.97 Å². The molecule has 2 aliphatic rings. The Morgan fingerprint density at radius 1 is 1.18 bits per heavy atom. The zero-order valence-corrected chi connectivity index (χ0v) is 12.0. The number of piperidine rings is 1. The van der Waals surface area contributed by atoms with Crippen LogP contribution in [0.1, 0.15) is 18.4 Å². The molecule has 0 radical (unpaired) electrons. The van der Waals surface area contributed by atoms with E-state index >= 15 is 0 Å². The van der Waals surface area contributed by atoms with Gasteiger partial charge in [0.1, 0.15) is 11.6 Å². The number of carboxylic acid groups (broad SMARTS) is 1. The number of hydrogen-bond donors (Lipinski definition) is 1. The topological polar surface area (TPSA) is 59.0 Å². The second kappa shape index (κ2) is 5.81. The molecule has 1 spiro atoms. The van der Waals surface area contributed by atoms with Crippen LogP contribution in [0.5, 0.6) is 0 Å². The van der Waals surface area contributed by atoms with Gasteiger partial charge in [-0.05, 0) is 6.07 Å². The second-order valence-electron chi connectivity index (χ2n) is 5.56. The number of rotatable bonds is 3. The van der Waals surface area contributed by atoms with Crippen LogP contribution in [0.2, 0.25) is 0 Å². The molecule has 5 nitrogen and oxygen atoms in total. The number of nitrogens with zero attached hydrogens (tertiary/aromatic N) is 1. The van der Waals surface area contributed by atoms with Crippen molar-refractivity contribution in [1.29, 1.82) is 0 Å². The number of benzene rings is 1. The Balaban J connectivity index is 1.75. The molecule has 3 rings (SSSR count). The molecule has 0 aromatic heterocycles. The third kappa shape index (κ3) is 2.91. The molecule has 0 amide bonds. The predicted octanol–water partition coefficient (Wildman–Crippen LogP) is 1.94. The van der Waals surface area contributed by atoms with E-state index in [0.29, 0.717) is 39.1 Å². The standard InChI is InChI=1S/C15H17F2NO4/c16-11-9-13(12(17)7-10(11)8-14(19)20)18-3-1-15(2-4-18)21-5-6-22-15/h7,9H,1-6,8H2,(H,19,20). The highest BCUT2D eigenvalue weighted by Gasteiger charge is 2.40. The normalized spacial score (nSPS) is 20.5. The summed E-state index contributed by atoms with van der Waals surface area (Å²) in [6.07, 6.45) is 0.643. The number of aliphatic carboxylic acids is 1. The van der Waals surface area contributed by atoms with Gasteiger partial charge in [0, 0.05) is 37.6 Å². The van der Waals surface area contributed by atoms with Crippen molar-refractivity contribution in [1.82, 2.24) is 0 Å². The van der Waals surface area contributed by atoms with Crippen molar-refractivity contribution >= 4 is 11.7 Å². The first-order chi connectivity index (χ1) is 10.5. The van der Waals surface area contributed by atoms with Gasteiger partial charge in [0.15, 0.2) is 5.79 Å². The summed E-state index contributed by atoms with van der Waals surface area (Å²) in [6, 6.07) is 2.04. The minimum Gasteiger partial charge on any atom is -0.481 e. The minimum atomic E-state index is -1.19. The molecule has 0 aliphatic carbocycles. The van der Waals surface area contributed by atoms with Crippen molar-refractivity contribution in [2.75, 3.05) is 31.2 Å². The molecular formula is C15H17F2NO4. The van der Waals surface area contributed by atoms with E-state index in [1.54, 1.807) is 4.90 Å². The van der Waals surface area contributed by atoms with E-state index in [1.807, 2.05) is 0 Å². The summed E-state index contributed by atoms with van der Waals surface area (Å²) in [7, 11) is 0. The molecule has 2 saturated heterocycles. The Kier molecular flexibility index (Phi) is 4.01. The molecule has 0 bridgehead atoms. The molecule has 0 saturated carbocycles. The van der Waals surface area contributed by atoms with E-state index in [9.17, 15) is 13.6 Å². The number of halogens is 2. The summed E-state index contributed by atoms with van der Waals surface area (Å²) >= 11 is 0. The predicted molar refractivity (Wildman–Crippen MR) is 73.8 cm³/mol. The molecule has 22 heavy (non-hydrogen) atoms. The first kappa shape index (κ1) is 15.2. The molecule has 1 aromatic carbocycles. The largest absolute Gasteiger partial charge is 0.481 e. The fraction of sp³-hybridized carbons (Fsp3) is 0.533. The molecule has 2 aliphatic heterocycles. The molecule has 0 atom stereocenters. The highest BCUT2D eigenvalue weighted by Crippen LogP contribution is 2.34. The van der Waals surface area contributed by atoms with E-state index in [-0.39, 0.29) is 11.3 Å². The number of hydrogen-bond acceptors (Lipinski definition) is 4. The van der Waals surface area contributed by atoms with Crippen molar-refractivity contribution in [2.24, 2.45) is 0 Å². The van der Waals surface area contributed by atoms with Crippen LogP contribution in [0.25, 0.3) is 0 Å². The molecule has 1 aromatic rings. The lowest BCUT2D eigenvalue weighted by Gasteiger charge is -2.38. The number of carbonyl (C=O) groups is 1. The monoisotopic (exact) mass is 313 g/mol. The number of anilines is 1. The van der Waals surface area contributed by atoms with Crippen LogP contribution < -0.4 is 4.90 Å². The van der Waals surface area contributed by atoms with Gasteiger partial charge in [-0.25, -0.2) is 8.78 Å². The van der Waals surface area contributed by atoms with E-state index in [4.69, 9.17) is 14.6 Å². The molecule has 2 heterocycles. The zero-order chi connectivity index (χ0) is 15.7. The van der Waals surface area contributed by atoms with Gasteiger partial charge in [0.25, 0.3) is 0 Å². The van der Waals surface area contributed by atoms with Crippen molar-refractivity contribution in [3.8, 4) is 0 Å². The van der Waals surface area contributed by atoms with E-state index < -0.39 is 29.8 Å². The fourth-order valence-corrected chi connectivity index (χ4v) is 2.99. The summed E-state index contributed by atoms with van der Waals surface area (Å²) in [6.45, 7) is 2.11. The highest BCUT2D eigenvalue weighted by atomic mass is 19.1. The van der Waals surface area contributed by atoms with Crippen molar-refractivity contribution in [3.63, 3.8) is 0 Å². The van der Waals surface area contributed by atoms with Crippen LogP contribution >= 0.6 is 0 Å².